The number of nitrogens with zero attached hydrogens (tertiary/aromatic N) is 2. The van der Waals surface area contributed by atoms with Crippen LogP contribution in [0, 0.1) is 5.82 Å². The van der Waals surface area contributed by atoms with E-state index in [-0.39, 0.29) is 5.02 Å². The first kappa shape index (κ1) is 14.0. The molecule has 3 N–H and O–H groups in total. The van der Waals surface area contributed by atoms with Gasteiger partial charge in [0.05, 0.1) is 10.5 Å². The molecule has 1 aromatic heterocycles. The Hall–Kier alpha value is -1.92. The Labute approximate surface area is 133 Å². The molecule has 3 aromatic rings. The molecular formula is C14H9BrClFN4. The Morgan fingerprint density at radius 3 is 2.76 bits per heavy atom. The predicted molar refractivity (Wildman–Crippen MR) is 86.3 cm³/mol. The number of hydrogen-bond donors (Lipinski definition) is 2. The summed E-state index contributed by atoms with van der Waals surface area (Å²) in [6.07, 6.45) is 1.43. The van der Waals surface area contributed by atoms with Gasteiger partial charge in [0, 0.05) is 21.2 Å². The first-order valence-electron chi connectivity index (χ1n) is 5.96. The molecule has 0 fully saturated rings. The lowest BCUT2D eigenvalue weighted by molar-refractivity contribution is 0.628. The van der Waals surface area contributed by atoms with Crippen LogP contribution >= 0.6 is 27.5 Å². The van der Waals surface area contributed by atoms with Gasteiger partial charge in [-0.15, -0.1) is 0 Å². The minimum absolute atomic E-state index is 0.0452. The van der Waals surface area contributed by atoms with Crippen LogP contribution in [0.25, 0.3) is 10.9 Å². The van der Waals surface area contributed by atoms with Gasteiger partial charge in [-0.1, -0.05) is 11.6 Å². The number of aromatic nitrogens is 2. The van der Waals surface area contributed by atoms with Crippen molar-refractivity contribution < 1.29 is 4.39 Å². The summed E-state index contributed by atoms with van der Waals surface area (Å²) in [5, 5.41) is 3.93. The number of anilines is 3. The van der Waals surface area contributed by atoms with E-state index in [4.69, 9.17) is 17.3 Å². The molecule has 7 heteroatoms. The minimum Gasteiger partial charge on any atom is -0.398 e. The number of fused-ring (bicyclic) bond motifs is 1. The second-order valence-corrected chi connectivity index (χ2v) is 5.63. The standard InChI is InChI=1S/C14H9BrClFN4/c15-9-4-8-13(5-12(9)18)19-6-20-14(8)21-7-1-2-11(17)10(16)3-7/h1-6H,18H2,(H,19,20,21). The van der Waals surface area contributed by atoms with Crippen LogP contribution in [0.4, 0.5) is 21.6 Å². The third-order valence-corrected chi connectivity index (χ3v) is 3.91. The first-order valence-corrected chi connectivity index (χ1v) is 7.13. The van der Waals surface area contributed by atoms with E-state index < -0.39 is 5.82 Å². The van der Waals surface area contributed by atoms with Gasteiger partial charge in [-0.05, 0) is 46.3 Å². The maximum absolute atomic E-state index is 13.2. The van der Waals surface area contributed by atoms with E-state index in [1.807, 2.05) is 6.07 Å². The summed E-state index contributed by atoms with van der Waals surface area (Å²) in [4.78, 5) is 8.38. The lowest BCUT2D eigenvalue weighted by atomic mass is 10.2. The van der Waals surface area contributed by atoms with Gasteiger partial charge < -0.3 is 11.1 Å². The highest BCUT2D eigenvalue weighted by Crippen LogP contribution is 2.30. The third kappa shape index (κ3) is 2.77. The molecule has 106 valence electrons. The van der Waals surface area contributed by atoms with E-state index in [1.165, 1.54) is 18.5 Å². The number of rotatable bonds is 2. The summed E-state index contributed by atoms with van der Waals surface area (Å²) in [6.45, 7) is 0. The molecule has 0 bridgehead atoms. The van der Waals surface area contributed by atoms with Crippen LogP contribution in [0.3, 0.4) is 0 Å². The molecule has 0 aliphatic carbocycles. The summed E-state index contributed by atoms with van der Waals surface area (Å²) in [5.74, 6) is 0.119. The largest absolute Gasteiger partial charge is 0.398 e. The molecule has 0 saturated heterocycles. The molecule has 0 radical (unpaired) electrons. The van der Waals surface area contributed by atoms with Crippen molar-refractivity contribution >= 4 is 55.6 Å². The molecule has 2 aromatic carbocycles. The lowest BCUT2D eigenvalue weighted by Crippen LogP contribution is -1.97. The molecule has 21 heavy (non-hydrogen) atoms. The number of benzene rings is 2. The number of nitrogens with two attached hydrogens (primary N) is 1. The Kier molecular flexibility index (Phi) is 3.65. The topological polar surface area (TPSA) is 63.8 Å². The average Bonchev–Trinajstić information content (AvgIpc) is 2.45. The van der Waals surface area contributed by atoms with Gasteiger partial charge in [0.2, 0.25) is 0 Å². The molecule has 0 saturated carbocycles. The van der Waals surface area contributed by atoms with Crippen molar-refractivity contribution in [3.8, 4) is 0 Å². The van der Waals surface area contributed by atoms with Crippen LogP contribution in [-0.2, 0) is 0 Å². The number of nitrogens with one attached hydrogen (secondary N) is 1. The highest BCUT2D eigenvalue weighted by atomic mass is 79.9. The molecule has 0 aliphatic heterocycles. The molecule has 0 unspecified atom stereocenters. The van der Waals surface area contributed by atoms with E-state index >= 15 is 0 Å². The predicted octanol–water partition coefficient (Wildman–Crippen LogP) is 4.51. The van der Waals surface area contributed by atoms with Gasteiger partial charge >= 0.3 is 0 Å². The van der Waals surface area contributed by atoms with Crippen LogP contribution in [-0.4, -0.2) is 9.97 Å². The van der Waals surface area contributed by atoms with Gasteiger partial charge in [-0.3, -0.25) is 0 Å². The highest BCUT2D eigenvalue weighted by Gasteiger charge is 2.08. The molecule has 3 rings (SSSR count). The van der Waals surface area contributed by atoms with E-state index in [0.717, 1.165) is 9.86 Å². The molecular weight excluding hydrogens is 359 g/mol. The molecule has 0 aliphatic rings. The first-order chi connectivity index (χ1) is 10.0. The molecule has 0 amide bonds. The number of halogens is 3. The van der Waals surface area contributed by atoms with Crippen molar-refractivity contribution in [1.29, 1.82) is 0 Å². The monoisotopic (exact) mass is 366 g/mol. The molecule has 0 atom stereocenters. The van der Waals surface area contributed by atoms with Crippen LogP contribution < -0.4 is 11.1 Å². The molecule has 4 nitrogen and oxygen atoms in total. The summed E-state index contributed by atoms with van der Waals surface area (Å²) in [7, 11) is 0. The van der Waals surface area contributed by atoms with Crippen molar-refractivity contribution in [2.24, 2.45) is 0 Å². The Morgan fingerprint density at radius 1 is 1.19 bits per heavy atom. The van der Waals surface area contributed by atoms with Crippen molar-refractivity contribution in [2.45, 2.75) is 0 Å². The van der Waals surface area contributed by atoms with Crippen LogP contribution in [0.15, 0.2) is 41.1 Å². The summed E-state index contributed by atoms with van der Waals surface area (Å²) in [6, 6.07) is 7.96. The fraction of sp³-hybridized carbons (Fsp3) is 0. The van der Waals surface area contributed by atoms with Crippen molar-refractivity contribution in [1.82, 2.24) is 9.97 Å². The number of hydrogen-bond acceptors (Lipinski definition) is 4. The highest BCUT2D eigenvalue weighted by molar-refractivity contribution is 9.10. The summed E-state index contributed by atoms with van der Waals surface area (Å²) < 4.78 is 13.9. The SMILES string of the molecule is Nc1cc2ncnc(Nc3ccc(F)c(Cl)c3)c2cc1Br. The fourth-order valence-corrected chi connectivity index (χ4v) is 2.43. The average molecular weight is 368 g/mol. The zero-order valence-electron chi connectivity index (χ0n) is 10.6. The zero-order valence-corrected chi connectivity index (χ0v) is 12.9. The lowest BCUT2D eigenvalue weighted by Gasteiger charge is -2.10. The maximum Gasteiger partial charge on any atom is 0.141 e. The minimum atomic E-state index is -0.467. The van der Waals surface area contributed by atoms with E-state index in [9.17, 15) is 4.39 Å². The number of nitrogen functional groups attached to an aromatic ring is 1. The van der Waals surface area contributed by atoms with E-state index in [0.29, 0.717) is 22.7 Å². The van der Waals surface area contributed by atoms with Crippen molar-refractivity contribution in [3.05, 3.63) is 52.0 Å². The van der Waals surface area contributed by atoms with Crippen LogP contribution in [0.5, 0.6) is 0 Å². The Morgan fingerprint density at radius 2 is 2.00 bits per heavy atom. The maximum atomic E-state index is 13.2. The fourth-order valence-electron chi connectivity index (χ4n) is 1.90. The summed E-state index contributed by atoms with van der Waals surface area (Å²) in [5.41, 5.74) is 7.78. The smallest absolute Gasteiger partial charge is 0.141 e. The van der Waals surface area contributed by atoms with Crippen molar-refractivity contribution in [2.75, 3.05) is 11.1 Å². The third-order valence-electron chi connectivity index (χ3n) is 2.94. The second kappa shape index (κ2) is 5.46. The molecule has 0 spiro atoms. The van der Waals surface area contributed by atoms with Gasteiger partial charge in [-0.25, -0.2) is 14.4 Å². The quantitative estimate of drug-likeness (QED) is 0.654. The zero-order chi connectivity index (χ0) is 15.0. The summed E-state index contributed by atoms with van der Waals surface area (Å²) >= 11 is 9.15. The van der Waals surface area contributed by atoms with Crippen molar-refractivity contribution in [3.63, 3.8) is 0 Å². The normalized spacial score (nSPS) is 10.8. The van der Waals surface area contributed by atoms with Crippen LogP contribution in [0.2, 0.25) is 5.02 Å². The van der Waals surface area contributed by atoms with Gasteiger partial charge in [0.15, 0.2) is 0 Å². The van der Waals surface area contributed by atoms with Gasteiger partial charge in [-0.2, -0.15) is 0 Å². The Bertz CT molecular complexity index is 841. The van der Waals surface area contributed by atoms with Crippen LogP contribution in [0.1, 0.15) is 0 Å². The van der Waals surface area contributed by atoms with E-state index in [1.54, 1.807) is 12.1 Å². The molecule has 1 heterocycles. The Balaban J connectivity index is 2.07. The van der Waals surface area contributed by atoms with Gasteiger partial charge in [0.1, 0.15) is 18.0 Å². The van der Waals surface area contributed by atoms with E-state index in [2.05, 4.69) is 31.2 Å². The van der Waals surface area contributed by atoms with Gasteiger partial charge in [0.25, 0.3) is 0 Å². The second-order valence-electron chi connectivity index (χ2n) is 4.37.